The number of aryl methyl sites for hydroxylation is 2. The number of carbonyl (C=O) groups is 1. The topological polar surface area (TPSA) is 42.4 Å². The van der Waals surface area contributed by atoms with Crippen molar-refractivity contribution in [3.63, 3.8) is 0 Å². The van der Waals surface area contributed by atoms with Gasteiger partial charge in [-0.2, -0.15) is 0 Å². The normalized spacial score (nSPS) is 10.7. The Balaban J connectivity index is 1.82. The third-order valence-corrected chi connectivity index (χ3v) is 5.33. The Labute approximate surface area is 172 Å². The van der Waals surface area contributed by atoms with E-state index in [1.807, 2.05) is 37.4 Å². The summed E-state index contributed by atoms with van der Waals surface area (Å²) in [5.41, 5.74) is 3.70. The van der Waals surface area contributed by atoms with Gasteiger partial charge >= 0.3 is 0 Å². The van der Waals surface area contributed by atoms with Crippen molar-refractivity contribution in [3.05, 3.63) is 68.6 Å². The van der Waals surface area contributed by atoms with Crippen molar-refractivity contribution < 1.29 is 9.53 Å². The molecule has 0 spiro atoms. The summed E-state index contributed by atoms with van der Waals surface area (Å²) in [6.45, 7) is 5.77. The van der Waals surface area contributed by atoms with Gasteiger partial charge in [-0.25, -0.2) is 4.98 Å². The first-order chi connectivity index (χ1) is 12.8. The predicted octanol–water partition coefficient (Wildman–Crippen LogP) is 6.33. The molecule has 0 aliphatic carbocycles. The van der Waals surface area contributed by atoms with Crippen LogP contribution in [0.15, 0.2) is 41.8 Å². The van der Waals surface area contributed by atoms with E-state index in [1.54, 1.807) is 23.1 Å². The van der Waals surface area contributed by atoms with E-state index in [9.17, 15) is 4.79 Å². The van der Waals surface area contributed by atoms with Crippen LogP contribution in [0.5, 0.6) is 5.75 Å². The summed E-state index contributed by atoms with van der Waals surface area (Å²) in [5.74, 6) is 0.401. The van der Waals surface area contributed by atoms with Gasteiger partial charge < -0.3 is 4.74 Å². The fourth-order valence-electron chi connectivity index (χ4n) is 2.67. The molecule has 140 valence electrons. The Morgan fingerprint density at radius 3 is 2.67 bits per heavy atom. The van der Waals surface area contributed by atoms with Crippen LogP contribution in [0.4, 0.5) is 10.8 Å². The van der Waals surface area contributed by atoms with Crippen molar-refractivity contribution in [1.82, 2.24) is 4.98 Å². The van der Waals surface area contributed by atoms with Crippen molar-refractivity contribution in [3.8, 4) is 5.75 Å². The van der Waals surface area contributed by atoms with Crippen LogP contribution < -0.4 is 9.64 Å². The summed E-state index contributed by atoms with van der Waals surface area (Å²) < 4.78 is 5.73. The minimum Gasteiger partial charge on any atom is -0.486 e. The zero-order valence-electron chi connectivity index (χ0n) is 15.1. The highest BCUT2D eigenvalue weighted by Gasteiger charge is 2.20. The first kappa shape index (κ1) is 19.7. The molecule has 0 saturated heterocycles. The van der Waals surface area contributed by atoms with Gasteiger partial charge in [0.05, 0.1) is 16.4 Å². The summed E-state index contributed by atoms with van der Waals surface area (Å²) in [6.07, 6.45) is 0. The van der Waals surface area contributed by atoms with Crippen LogP contribution in [0.25, 0.3) is 0 Å². The number of thiazole rings is 1. The Hall–Kier alpha value is -2.08. The Morgan fingerprint density at radius 1 is 1.19 bits per heavy atom. The molecule has 0 fully saturated rings. The van der Waals surface area contributed by atoms with Crippen LogP contribution in [0.3, 0.4) is 0 Å². The van der Waals surface area contributed by atoms with E-state index < -0.39 is 0 Å². The van der Waals surface area contributed by atoms with Crippen LogP contribution in [0.2, 0.25) is 10.0 Å². The van der Waals surface area contributed by atoms with E-state index in [0.717, 1.165) is 16.8 Å². The van der Waals surface area contributed by atoms with Gasteiger partial charge in [-0.15, -0.1) is 11.3 Å². The molecule has 0 bridgehead atoms. The predicted molar refractivity (Wildman–Crippen MR) is 112 cm³/mol. The fourth-order valence-corrected chi connectivity index (χ4v) is 3.87. The van der Waals surface area contributed by atoms with Crippen LogP contribution >= 0.6 is 34.5 Å². The number of hydrogen-bond donors (Lipinski definition) is 0. The van der Waals surface area contributed by atoms with Crippen LogP contribution in [0.1, 0.15) is 23.7 Å². The quantitative estimate of drug-likeness (QED) is 0.484. The second kappa shape index (κ2) is 8.30. The highest BCUT2D eigenvalue weighted by molar-refractivity contribution is 7.14. The number of amides is 1. The Kier molecular flexibility index (Phi) is 6.05. The maximum absolute atomic E-state index is 12.3. The summed E-state index contributed by atoms with van der Waals surface area (Å²) in [6, 6.07) is 11.0. The molecule has 0 N–H and O–H groups in total. The molecule has 1 heterocycles. The molecule has 0 radical (unpaired) electrons. The third-order valence-electron chi connectivity index (χ3n) is 3.91. The number of benzene rings is 2. The molecule has 0 unspecified atom stereocenters. The van der Waals surface area contributed by atoms with Crippen molar-refractivity contribution in [2.75, 3.05) is 4.90 Å². The van der Waals surface area contributed by atoms with Gasteiger partial charge in [-0.3, -0.25) is 9.69 Å². The van der Waals surface area contributed by atoms with Crippen molar-refractivity contribution in [2.45, 2.75) is 27.4 Å². The molecular formula is C20H18Cl2N2O2S. The fraction of sp³-hybridized carbons (Fsp3) is 0.200. The smallest absolute Gasteiger partial charge is 0.230 e. The minimum atomic E-state index is -0.0957. The zero-order valence-corrected chi connectivity index (χ0v) is 17.5. The lowest BCUT2D eigenvalue weighted by Crippen LogP contribution is -2.23. The van der Waals surface area contributed by atoms with Gasteiger partial charge in [-0.05, 0) is 37.6 Å². The van der Waals surface area contributed by atoms with Crippen LogP contribution in [-0.2, 0) is 11.4 Å². The van der Waals surface area contributed by atoms with Gasteiger partial charge in [-0.1, -0.05) is 40.9 Å². The van der Waals surface area contributed by atoms with E-state index in [4.69, 9.17) is 27.9 Å². The van der Waals surface area contributed by atoms with Gasteiger partial charge in [0, 0.05) is 23.4 Å². The number of nitrogens with zero attached hydrogens (tertiary/aromatic N) is 2. The Morgan fingerprint density at radius 2 is 1.96 bits per heavy atom. The average Bonchev–Trinajstić information content (AvgIpc) is 3.06. The van der Waals surface area contributed by atoms with E-state index >= 15 is 0 Å². The molecule has 0 aliphatic heterocycles. The molecule has 0 atom stereocenters. The van der Waals surface area contributed by atoms with Crippen molar-refractivity contribution >= 4 is 51.3 Å². The molecule has 0 saturated carbocycles. The van der Waals surface area contributed by atoms with Gasteiger partial charge in [0.15, 0.2) is 5.13 Å². The molecule has 0 aliphatic rings. The van der Waals surface area contributed by atoms with Crippen LogP contribution in [0, 0.1) is 13.8 Å². The van der Waals surface area contributed by atoms with Crippen molar-refractivity contribution in [2.24, 2.45) is 0 Å². The highest BCUT2D eigenvalue weighted by atomic mass is 35.5. The number of ether oxygens (including phenoxy) is 1. The lowest BCUT2D eigenvalue weighted by atomic mass is 10.1. The average molecular weight is 421 g/mol. The second-order valence-corrected chi connectivity index (χ2v) is 7.81. The lowest BCUT2D eigenvalue weighted by molar-refractivity contribution is -0.115. The van der Waals surface area contributed by atoms with E-state index in [2.05, 4.69) is 4.98 Å². The van der Waals surface area contributed by atoms with Gasteiger partial charge in [0.1, 0.15) is 12.4 Å². The molecule has 3 rings (SSSR count). The highest BCUT2D eigenvalue weighted by Crippen LogP contribution is 2.33. The molecule has 2 aromatic carbocycles. The first-order valence-corrected chi connectivity index (χ1v) is 9.89. The van der Waals surface area contributed by atoms with Gasteiger partial charge in [0.2, 0.25) is 5.91 Å². The molecule has 3 aromatic rings. The second-order valence-electron chi connectivity index (χ2n) is 6.13. The van der Waals surface area contributed by atoms with E-state index in [-0.39, 0.29) is 12.5 Å². The SMILES string of the molecule is CC(=O)N(c1nc(COc2cc(Cl)ccc2Cl)cs1)c1ccc(C)cc1C. The summed E-state index contributed by atoms with van der Waals surface area (Å²) in [4.78, 5) is 18.5. The molecule has 27 heavy (non-hydrogen) atoms. The standard InChI is InChI=1S/C20H18Cl2N2O2S/c1-12-4-7-18(13(2)8-12)24(14(3)25)20-23-16(11-27-20)10-26-19-9-15(21)5-6-17(19)22/h4-9,11H,10H2,1-3H3. The zero-order chi connectivity index (χ0) is 19.6. The number of halogens is 2. The molecule has 4 nitrogen and oxygen atoms in total. The summed E-state index contributed by atoms with van der Waals surface area (Å²) in [5, 5.41) is 3.50. The molecule has 1 aromatic heterocycles. The molecule has 1 amide bonds. The molecular weight excluding hydrogens is 403 g/mol. The molecule has 7 heteroatoms. The van der Waals surface area contributed by atoms with E-state index in [0.29, 0.717) is 26.6 Å². The lowest BCUT2D eigenvalue weighted by Gasteiger charge is -2.20. The maximum Gasteiger partial charge on any atom is 0.230 e. The number of rotatable bonds is 5. The number of carbonyl (C=O) groups excluding carboxylic acids is 1. The number of aromatic nitrogens is 1. The maximum atomic E-state index is 12.3. The minimum absolute atomic E-state index is 0.0957. The Bertz CT molecular complexity index is 988. The monoisotopic (exact) mass is 420 g/mol. The number of anilines is 2. The summed E-state index contributed by atoms with van der Waals surface area (Å²) >= 11 is 13.5. The number of hydrogen-bond acceptors (Lipinski definition) is 4. The van der Waals surface area contributed by atoms with E-state index in [1.165, 1.54) is 18.3 Å². The first-order valence-electron chi connectivity index (χ1n) is 8.25. The van der Waals surface area contributed by atoms with Crippen molar-refractivity contribution in [1.29, 1.82) is 0 Å². The van der Waals surface area contributed by atoms with Crippen LogP contribution in [-0.4, -0.2) is 10.9 Å². The summed E-state index contributed by atoms with van der Waals surface area (Å²) in [7, 11) is 0. The van der Waals surface area contributed by atoms with Gasteiger partial charge in [0.25, 0.3) is 0 Å². The largest absolute Gasteiger partial charge is 0.486 e. The third kappa shape index (κ3) is 4.61.